The molecule has 0 aromatic heterocycles. The van der Waals surface area contributed by atoms with Gasteiger partial charge < -0.3 is 5.32 Å². The fraction of sp³-hybridized carbons (Fsp3) is 0.235. The van der Waals surface area contributed by atoms with Crippen LogP contribution >= 0.6 is 0 Å². The summed E-state index contributed by atoms with van der Waals surface area (Å²) in [5.41, 5.74) is 0.665. The first-order valence-corrected chi connectivity index (χ1v) is 9.32. The van der Waals surface area contributed by atoms with Crippen LogP contribution in [0.2, 0.25) is 0 Å². The predicted molar refractivity (Wildman–Crippen MR) is 97.0 cm³/mol. The normalized spacial score (nSPS) is 11.3. The smallest absolute Gasteiger partial charge is 0.289 e. The topological polar surface area (TPSA) is 118 Å². The van der Waals surface area contributed by atoms with E-state index in [1.807, 2.05) is 0 Å². The molecule has 0 radical (unpaired) electrons. The minimum absolute atomic E-state index is 0.0697. The summed E-state index contributed by atoms with van der Waals surface area (Å²) in [7, 11) is -4.06. The molecule has 9 heteroatoms. The molecule has 0 bridgehead atoms. The second-order valence-corrected chi connectivity index (χ2v) is 7.63. The molecule has 0 aliphatic rings. The number of carbonyl (C=O) groups excluding carboxylic acids is 1. The number of nitro groups is 1. The molecule has 0 heterocycles. The highest BCUT2D eigenvalue weighted by Gasteiger charge is 2.24. The molecular formula is C17H19N3O5S. The minimum Gasteiger partial charge on any atom is -0.326 e. The van der Waals surface area contributed by atoms with Crippen molar-refractivity contribution >= 4 is 27.3 Å². The molecular weight excluding hydrogens is 358 g/mol. The van der Waals surface area contributed by atoms with E-state index in [-0.39, 0.29) is 18.4 Å². The Hall–Kier alpha value is -2.78. The highest BCUT2D eigenvalue weighted by Crippen LogP contribution is 2.23. The Kier molecular flexibility index (Phi) is 6.06. The summed E-state index contributed by atoms with van der Waals surface area (Å²) in [6.07, 6.45) is 0. The summed E-state index contributed by atoms with van der Waals surface area (Å²) in [5, 5.41) is 13.7. The van der Waals surface area contributed by atoms with Crippen LogP contribution < -0.4 is 10.0 Å². The van der Waals surface area contributed by atoms with Gasteiger partial charge in [0.2, 0.25) is 15.9 Å². The van der Waals surface area contributed by atoms with Crippen molar-refractivity contribution in [1.29, 1.82) is 0 Å². The predicted octanol–water partition coefficient (Wildman–Crippen LogP) is 2.67. The molecule has 2 N–H and O–H groups in total. The second-order valence-electron chi connectivity index (χ2n) is 5.89. The number of amides is 1. The number of benzene rings is 2. The number of nitrogens with one attached hydrogen (secondary N) is 2. The van der Waals surface area contributed by atoms with Gasteiger partial charge in [0.25, 0.3) is 5.69 Å². The van der Waals surface area contributed by atoms with Crippen LogP contribution in [0.15, 0.2) is 53.4 Å². The van der Waals surface area contributed by atoms with E-state index >= 15 is 0 Å². The van der Waals surface area contributed by atoms with E-state index in [1.165, 1.54) is 18.2 Å². The van der Waals surface area contributed by atoms with Crippen LogP contribution in [0.5, 0.6) is 0 Å². The molecule has 1 amide bonds. The summed E-state index contributed by atoms with van der Waals surface area (Å²) in [6, 6.07) is 11.8. The Labute approximate surface area is 151 Å². The highest BCUT2D eigenvalue weighted by atomic mass is 32.2. The van der Waals surface area contributed by atoms with Crippen LogP contribution in [-0.2, 0) is 21.4 Å². The summed E-state index contributed by atoms with van der Waals surface area (Å²) in [6.45, 7) is 3.46. The quantitative estimate of drug-likeness (QED) is 0.568. The lowest BCUT2D eigenvalue weighted by Gasteiger charge is -2.10. The van der Waals surface area contributed by atoms with Crippen molar-refractivity contribution in [3.63, 3.8) is 0 Å². The molecule has 8 nitrogen and oxygen atoms in total. The fourth-order valence-corrected chi connectivity index (χ4v) is 3.32. The van der Waals surface area contributed by atoms with Crippen LogP contribution in [0.4, 0.5) is 11.4 Å². The maximum atomic E-state index is 12.4. The van der Waals surface area contributed by atoms with Crippen molar-refractivity contribution < 1.29 is 18.1 Å². The van der Waals surface area contributed by atoms with Crippen molar-refractivity contribution in [1.82, 2.24) is 4.72 Å². The van der Waals surface area contributed by atoms with Gasteiger partial charge in [0.1, 0.15) is 0 Å². The number of hydrogen-bond donors (Lipinski definition) is 2. The van der Waals surface area contributed by atoms with E-state index < -0.39 is 25.5 Å². The number of sulfonamides is 1. The Morgan fingerprint density at radius 3 is 2.50 bits per heavy atom. The van der Waals surface area contributed by atoms with E-state index in [0.29, 0.717) is 11.3 Å². The molecule has 2 aromatic carbocycles. The largest absolute Gasteiger partial charge is 0.326 e. The van der Waals surface area contributed by atoms with Gasteiger partial charge in [0.15, 0.2) is 4.90 Å². The standard InChI is InChI=1S/C17H19N3O5S/c1-12(2)17(21)19-14-7-5-6-13(10-14)11-18-26(24,25)16-9-4-3-8-15(16)20(22)23/h3-10,12,18H,11H2,1-2H3,(H,19,21). The Balaban J connectivity index is 2.16. The number of para-hydroxylation sites is 1. The molecule has 0 aliphatic carbocycles. The van der Waals surface area contributed by atoms with Gasteiger partial charge in [-0.25, -0.2) is 13.1 Å². The van der Waals surface area contributed by atoms with E-state index in [9.17, 15) is 23.3 Å². The van der Waals surface area contributed by atoms with Crippen molar-refractivity contribution in [3.05, 3.63) is 64.2 Å². The first kappa shape index (κ1) is 19.5. The summed E-state index contributed by atoms with van der Waals surface area (Å²) in [4.78, 5) is 21.6. The number of carbonyl (C=O) groups is 1. The van der Waals surface area contributed by atoms with Crippen LogP contribution in [0.25, 0.3) is 0 Å². The van der Waals surface area contributed by atoms with E-state index in [4.69, 9.17) is 0 Å². The average Bonchev–Trinajstić information content (AvgIpc) is 2.60. The van der Waals surface area contributed by atoms with Crippen molar-refractivity contribution in [2.45, 2.75) is 25.3 Å². The summed E-state index contributed by atoms with van der Waals surface area (Å²) >= 11 is 0. The number of nitrogens with zero attached hydrogens (tertiary/aromatic N) is 1. The maximum absolute atomic E-state index is 12.4. The van der Waals surface area contributed by atoms with Crippen molar-refractivity contribution in [3.8, 4) is 0 Å². The average molecular weight is 377 g/mol. The SMILES string of the molecule is CC(C)C(=O)Nc1cccc(CNS(=O)(=O)c2ccccc2[N+](=O)[O-])c1. The van der Waals surface area contributed by atoms with E-state index in [0.717, 1.165) is 6.07 Å². The van der Waals surface area contributed by atoms with Crippen LogP contribution in [0.1, 0.15) is 19.4 Å². The number of hydrogen-bond acceptors (Lipinski definition) is 5. The van der Waals surface area contributed by atoms with E-state index in [1.54, 1.807) is 38.1 Å². The molecule has 0 spiro atoms. The highest BCUT2D eigenvalue weighted by molar-refractivity contribution is 7.89. The van der Waals surface area contributed by atoms with Gasteiger partial charge in [-0.05, 0) is 23.8 Å². The zero-order chi connectivity index (χ0) is 19.3. The molecule has 0 saturated carbocycles. The lowest BCUT2D eigenvalue weighted by Crippen LogP contribution is -2.24. The molecule has 0 saturated heterocycles. The summed E-state index contributed by atoms with van der Waals surface area (Å²) < 4.78 is 27.1. The van der Waals surface area contributed by atoms with Crippen LogP contribution in [0, 0.1) is 16.0 Å². The van der Waals surface area contributed by atoms with E-state index in [2.05, 4.69) is 10.0 Å². The lowest BCUT2D eigenvalue weighted by atomic mass is 10.1. The zero-order valence-electron chi connectivity index (χ0n) is 14.3. The van der Waals surface area contributed by atoms with Crippen molar-refractivity contribution in [2.24, 2.45) is 5.92 Å². The number of rotatable bonds is 7. The maximum Gasteiger partial charge on any atom is 0.289 e. The van der Waals surface area contributed by atoms with Gasteiger partial charge in [-0.2, -0.15) is 0 Å². The second kappa shape index (κ2) is 8.07. The van der Waals surface area contributed by atoms with Gasteiger partial charge in [0, 0.05) is 24.2 Å². The fourth-order valence-electron chi connectivity index (χ4n) is 2.14. The Bertz CT molecular complexity index is 926. The Morgan fingerprint density at radius 2 is 1.85 bits per heavy atom. The molecule has 138 valence electrons. The molecule has 0 aliphatic heterocycles. The third-order valence-electron chi connectivity index (χ3n) is 3.54. The number of anilines is 1. The first-order valence-electron chi connectivity index (χ1n) is 7.83. The molecule has 2 aromatic rings. The zero-order valence-corrected chi connectivity index (χ0v) is 15.1. The minimum atomic E-state index is -4.06. The monoisotopic (exact) mass is 377 g/mol. The van der Waals surface area contributed by atoms with Gasteiger partial charge in [-0.15, -0.1) is 0 Å². The third kappa shape index (κ3) is 4.87. The van der Waals surface area contributed by atoms with Gasteiger partial charge in [0.05, 0.1) is 4.92 Å². The van der Waals surface area contributed by atoms with Gasteiger partial charge in [-0.3, -0.25) is 14.9 Å². The van der Waals surface area contributed by atoms with Crippen LogP contribution in [0.3, 0.4) is 0 Å². The molecule has 0 unspecified atom stereocenters. The molecule has 0 fully saturated rings. The Morgan fingerprint density at radius 1 is 1.15 bits per heavy atom. The van der Waals surface area contributed by atoms with Gasteiger partial charge in [-0.1, -0.05) is 38.1 Å². The van der Waals surface area contributed by atoms with Crippen LogP contribution in [-0.4, -0.2) is 19.2 Å². The van der Waals surface area contributed by atoms with Gasteiger partial charge >= 0.3 is 0 Å². The number of nitro benzene ring substituents is 1. The molecule has 2 rings (SSSR count). The molecule has 0 atom stereocenters. The lowest BCUT2D eigenvalue weighted by molar-refractivity contribution is -0.387. The first-order chi connectivity index (χ1) is 12.2. The van der Waals surface area contributed by atoms with Crippen molar-refractivity contribution in [2.75, 3.05) is 5.32 Å². The third-order valence-corrected chi connectivity index (χ3v) is 4.99. The summed E-state index contributed by atoms with van der Waals surface area (Å²) in [5.74, 6) is -0.335. The molecule has 26 heavy (non-hydrogen) atoms.